The van der Waals surface area contributed by atoms with E-state index in [1.807, 2.05) is 25.1 Å². The number of hydrogen-bond acceptors (Lipinski definition) is 2. The van der Waals surface area contributed by atoms with Crippen LogP contribution in [0.3, 0.4) is 0 Å². The fourth-order valence-electron chi connectivity index (χ4n) is 5.31. The molecule has 1 aliphatic carbocycles. The number of fused-ring (bicyclic) bond motifs is 1. The molecular weight excluding hydrogens is 372 g/mol. The van der Waals surface area contributed by atoms with Crippen molar-refractivity contribution < 1.29 is 9.59 Å². The Hall–Kier alpha value is -2.62. The lowest BCUT2D eigenvalue weighted by atomic mass is 9.68. The molecule has 2 fully saturated rings. The lowest BCUT2D eigenvalue weighted by Crippen LogP contribution is -2.58. The van der Waals surface area contributed by atoms with E-state index in [0.29, 0.717) is 23.6 Å². The Bertz CT molecular complexity index is 919. The fraction of sp³-hybridized carbons (Fsp3) is 0.462. The van der Waals surface area contributed by atoms with E-state index in [2.05, 4.69) is 23.2 Å². The third kappa shape index (κ3) is 4.14. The van der Waals surface area contributed by atoms with Gasteiger partial charge in [0.05, 0.1) is 0 Å². The van der Waals surface area contributed by atoms with Crippen molar-refractivity contribution in [2.24, 2.45) is 5.92 Å². The van der Waals surface area contributed by atoms with Gasteiger partial charge in [-0.1, -0.05) is 42.7 Å². The Morgan fingerprint density at radius 1 is 1.03 bits per heavy atom. The van der Waals surface area contributed by atoms with E-state index in [1.165, 1.54) is 31.2 Å². The molecule has 2 aromatic carbocycles. The molecule has 2 aliphatic rings. The maximum absolute atomic E-state index is 13.3. The van der Waals surface area contributed by atoms with Gasteiger partial charge in [-0.05, 0) is 75.3 Å². The summed E-state index contributed by atoms with van der Waals surface area (Å²) in [5.74, 6) is 0.610. The summed E-state index contributed by atoms with van der Waals surface area (Å²) in [7, 11) is 0. The first-order chi connectivity index (χ1) is 14.5. The molecule has 2 aromatic rings. The lowest BCUT2D eigenvalue weighted by Gasteiger charge is -2.52. The van der Waals surface area contributed by atoms with Gasteiger partial charge in [0.1, 0.15) is 0 Å². The van der Waals surface area contributed by atoms with Gasteiger partial charge in [-0.3, -0.25) is 9.59 Å². The van der Waals surface area contributed by atoms with Gasteiger partial charge >= 0.3 is 0 Å². The van der Waals surface area contributed by atoms with Crippen molar-refractivity contribution >= 4 is 11.8 Å². The normalized spacial score (nSPS) is 23.5. The molecule has 0 spiro atoms. The third-order valence-electron chi connectivity index (χ3n) is 7.09. The van der Waals surface area contributed by atoms with Crippen molar-refractivity contribution in [3.8, 4) is 0 Å². The predicted molar refractivity (Wildman–Crippen MR) is 119 cm³/mol. The number of nitrogens with one attached hydrogen (secondary N) is 1. The average molecular weight is 405 g/mol. The van der Waals surface area contributed by atoms with Gasteiger partial charge in [0.15, 0.2) is 0 Å². The minimum absolute atomic E-state index is 0.0164. The van der Waals surface area contributed by atoms with Crippen molar-refractivity contribution in [2.45, 2.75) is 64.5 Å². The number of likely N-dealkylation sites (tertiary alicyclic amines) is 1. The number of piperidine rings is 1. The monoisotopic (exact) mass is 404 g/mol. The van der Waals surface area contributed by atoms with Gasteiger partial charge in [-0.2, -0.15) is 0 Å². The van der Waals surface area contributed by atoms with Crippen molar-refractivity contribution in [1.82, 2.24) is 10.2 Å². The van der Waals surface area contributed by atoms with E-state index in [-0.39, 0.29) is 17.4 Å². The second-order valence-electron chi connectivity index (χ2n) is 9.15. The van der Waals surface area contributed by atoms with E-state index >= 15 is 0 Å². The summed E-state index contributed by atoms with van der Waals surface area (Å²) in [5.41, 5.74) is 3.50. The van der Waals surface area contributed by atoms with Crippen LogP contribution in [0.15, 0.2) is 48.5 Å². The van der Waals surface area contributed by atoms with Crippen LogP contribution in [0.4, 0.5) is 0 Å². The van der Waals surface area contributed by atoms with E-state index in [0.717, 1.165) is 24.9 Å². The second-order valence-corrected chi connectivity index (χ2v) is 9.15. The average Bonchev–Trinajstić information content (AvgIpc) is 2.76. The SMILES string of the molecule is Cc1cccc(CNC(=O)c2ccc(C(=O)N3CCCC4CCCCC43C)cc2)c1. The molecule has 1 aliphatic heterocycles. The molecule has 1 heterocycles. The predicted octanol–water partition coefficient (Wildman–Crippen LogP) is 5.11. The molecule has 1 saturated carbocycles. The standard InChI is InChI=1S/C26H32N2O2/c1-19-7-5-8-20(17-19)18-27-24(29)21-11-13-22(14-12-21)25(30)28-16-6-10-23-9-3-4-15-26(23,28)2/h5,7-8,11-14,17,23H,3-4,6,9-10,15-16,18H2,1-2H3,(H,27,29). The lowest BCUT2D eigenvalue weighted by molar-refractivity contribution is -0.00971. The van der Waals surface area contributed by atoms with Crippen LogP contribution in [0.2, 0.25) is 0 Å². The van der Waals surface area contributed by atoms with Gasteiger partial charge in [-0.25, -0.2) is 0 Å². The highest BCUT2D eigenvalue weighted by molar-refractivity contribution is 5.98. The van der Waals surface area contributed by atoms with E-state index in [9.17, 15) is 9.59 Å². The first-order valence-electron chi connectivity index (χ1n) is 11.2. The molecule has 2 unspecified atom stereocenters. The number of carbonyl (C=O) groups is 2. The molecule has 0 bridgehead atoms. The van der Waals surface area contributed by atoms with Crippen LogP contribution in [-0.4, -0.2) is 28.8 Å². The highest BCUT2D eigenvalue weighted by atomic mass is 16.2. The molecule has 4 nitrogen and oxygen atoms in total. The van der Waals surface area contributed by atoms with Crippen LogP contribution in [0.25, 0.3) is 0 Å². The maximum Gasteiger partial charge on any atom is 0.254 e. The summed E-state index contributed by atoms with van der Waals surface area (Å²) in [6, 6.07) is 15.3. The maximum atomic E-state index is 13.3. The van der Waals surface area contributed by atoms with Gasteiger partial charge in [0.25, 0.3) is 11.8 Å². The molecule has 4 rings (SSSR count). The Balaban J connectivity index is 1.42. The van der Waals surface area contributed by atoms with Gasteiger partial charge < -0.3 is 10.2 Å². The van der Waals surface area contributed by atoms with Gasteiger partial charge in [-0.15, -0.1) is 0 Å². The van der Waals surface area contributed by atoms with Gasteiger partial charge in [0, 0.05) is 29.8 Å². The van der Waals surface area contributed by atoms with E-state index in [1.54, 1.807) is 24.3 Å². The second kappa shape index (κ2) is 8.63. The largest absolute Gasteiger partial charge is 0.348 e. The highest BCUT2D eigenvalue weighted by Crippen LogP contribution is 2.44. The molecule has 1 saturated heterocycles. The van der Waals surface area contributed by atoms with Crippen LogP contribution in [-0.2, 0) is 6.54 Å². The minimum atomic E-state index is -0.118. The minimum Gasteiger partial charge on any atom is -0.348 e. The molecule has 0 radical (unpaired) electrons. The van der Waals surface area contributed by atoms with Crippen LogP contribution in [0.1, 0.15) is 77.3 Å². The van der Waals surface area contributed by atoms with Crippen molar-refractivity contribution in [2.75, 3.05) is 6.54 Å². The van der Waals surface area contributed by atoms with Crippen LogP contribution >= 0.6 is 0 Å². The summed E-state index contributed by atoms with van der Waals surface area (Å²) in [6.45, 7) is 5.65. The Morgan fingerprint density at radius 3 is 2.53 bits per heavy atom. The molecule has 158 valence electrons. The molecule has 30 heavy (non-hydrogen) atoms. The molecule has 4 heteroatoms. The number of nitrogens with zero attached hydrogens (tertiary/aromatic N) is 1. The zero-order valence-electron chi connectivity index (χ0n) is 18.1. The Morgan fingerprint density at radius 2 is 1.77 bits per heavy atom. The highest BCUT2D eigenvalue weighted by Gasteiger charge is 2.45. The first-order valence-corrected chi connectivity index (χ1v) is 11.2. The summed E-state index contributed by atoms with van der Waals surface area (Å²) >= 11 is 0. The van der Waals surface area contributed by atoms with Crippen LogP contribution in [0, 0.1) is 12.8 Å². The number of hydrogen-bond donors (Lipinski definition) is 1. The summed E-state index contributed by atoms with van der Waals surface area (Å²) in [5, 5.41) is 2.96. The molecule has 0 aromatic heterocycles. The van der Waals surface area contributed by atoms with Crippen LogP contribution < -0.4 is 5.32 Å². The third-order valence-corrected chi connectivity index (χ3v) is 7.09. The topological polar surface area (TPSA) is 49.4 Å². The smallest absolute Gasteiger partial charge is 0.254 e. The summed E-state index contributed by atoms with van der Waals surface area (Å²) in [6.07, 6.45) is 7.15. The zero-order chi connectivity index (χ0) is 21.1. The van der Waals surface area contributed by atoms with Crippen molar-refractivity contribution in [3.63, 3.8) is 0 Å². The van der Waals surface area contributed by atoms with Crippen molar-refractivity contribution in [3.05, 3.63) is 70.8 Å². The molecular formula is C26H32N2O2. The number of carbonyl (C=O) groups excluding carboxylic acids is 2. The summed E-state index contributed by atoms with van der Waals surface area (Å²) in [4.78, 5) is 27.9. The number of rotatable bonds is 4. The zero-order valence-corrected chi connectivity index (χ0v) is 18.1. The number of benzene rings is 2. The Kier molecular flexibility index (Phi) is 5.94. The van der Waals surface area contributed by atoms with E-state index in [4.69, 9.17) is 0 Å². The quantitative estimate of drug-likeness (QED) is 0.770. The molecule has 2 amide bonds. The fourth-order valence-corrected chi connectivity index (χ4v) is 5.31. The first kappa shape index (κ1) is 20.6. The number of amides is 2. The van der Waals surface area contributed by atoms with E-state index < -0.39 is 0 Å². The van der Waals surface area contributed by atoms with Crippen molar-refractivity contribution in [1.29, 1.82) is 0 Å². The Labute approximate surface area is 179 Å². The van der Waals surface area contributed by atoms with Crippen LogP contribution in [0.5, 0.6) is 0 Å². The molecule has 2 atom stereocenters. The molecule has 1 N–H and O–H groups in total. The van der Waals surface area contributed by atoms with Gasteiger partial charge in [0.2, 0.25) is 0 Å². The summed E-state index contributed by atoms with van der Waals surface area (Å²) < 4.78 is 0. The number of aryl methyl sites for hydroxylation is 1.